The summed E-state index contributed by atoms with van der Waals surface area (Å²) >= 11 is 0. The van der Waals surface area contributed by atoms with Gasteiger partial charge in [0.05, 0.1) is 18.6 Å². The summed E-state index contributed by atoms with van der Waals surface area (Å²) in [7, 11) is 0. The third kappa shape index (κ3) is 2.92. The molecule has 0 bridgehead atoms. The smallest absolute Gasteiger partial charge is 0.0925 e. The minimum absolute atomic E-state index is 0.206. The Balaban J connectivity index is 2.01. The van der Waals surface area contributed by atoms with Crippen LogP contribution in [0.4, 0.5) is 5.69 Å². The predicted molar refractivity (Wildman–Crippen MR) is 75.8 cm³/mol. The summed E-state index contributed by atoms with van der Waals surface area (Å²) in [6.07, 6.45) is 1.73. The molecule has 0 saturated carbocycles. The van der Waals surface area contributed by atoms with Crippen LogP contribution in [0.1, 0.15) is 37.7 Å². The lowest BCUT2D eigenvalue weighted by molar-refractivity contribution is 0.590. The van der Waals surface area contributed by atoms with Crippen molar-refractivity contribution < 1.29 is 0 Å². The van der Waals surface area contributed by atoms with Crippen molar-refractivity contribution in [3.05, 3.63) is 47.5 Å². The lowest BCUT2D eigenvalue weighted by Crippen LogP contribution is -2.10. The van der Waals surface area contributed by atoms with Gasteiger partial charge in [0.1, 0.15) is 0 Å². The molecule has 0 aliphatic rings. The Kier molecular flexibility index (Phi) is 3.41. The van der Waals surface area contributed by atoms with Crippen LogP contribution >= 0.6 is 0 Å². The zero-order valence-electron chi connectivity index (χ0n) is 11.5. The second kappa shape index (κ2) is 4.84. The van der Waals surface area contributed by atoms with Gasteiger partial charge >= 0.3 is 0 Å². The van der Waals surface area contributed by atoms with Crippen LogP contribution in [-0.4, -0.2) is 9.97 Å². The van der Waals surface area contributed by atoms with Crippen molar-refractivity contribution in [1.29, 1.82) is 0 Å². The number of aromatic amines is 1. The number of hydrogen-bond donors (Lipinski definition) is 2. The molecule has 3 heteroatoms. The number of benzene rings is 1. The summed E-state index contributed by atoms with van der Waals surface area (Å²) in [6, 6.07) is 8.62. The van der Waals surface area contributed by atoms with Crippen molar-refractivity contribution in [2.24, 2.45) is 0 Å². The fraction of sp³-hybridized carbons (Fsp3) is 0.400. The number of nitrogens with zero attached hydrogens (tertiary/aromatic N) is 1. The zero-order chi connectivity index (χ0) is 13.2. The number of rotatable bonds is 3. The van der Waals surface area contributed by atoms with Gasteiger partial charge in [-0.15, -0.1) is 0 Å². The molecule has 2 aromatic rings. The Bertz CT molecular complexity index is 503. The summed E-state index contributed by atoms with van der Waals surface area (Å²) in [4.78, 5) is 7.35. The maximum atomic E-state index is 4.27. The van der Waals surface area contributed by atoms with Crippen molar-refractivity contribution in [2.45, 2.75) is 39.7 Å². The van der Waals surface area contributed by atoms with Gasteiger partial charge in [0, 0.05) is 11.4 Å². The summed E-state index contributed by atoms with van der Waals surface area (Å²) < 4.78 is 0. The maximum absolute atomic E-state index is 4.27. The van der Waals surface area contributed by atoms with Gasteiger partial charge in [-0.25, -0.2) is 4.98 Å². The average Bonchev–Trinajstić information content (AvgIpc) is 2.72. The van der Waals surface area contributed by atoms with E-state index < -0.39 is 0 Å². The highest BCUT2D eigenvalue weighted by Gasteiger charge is 2.12. The largest absolute Gasteiger partial charge is 0.379 e. The molecule has 0 radical (unpaired) electrons. The Morgan fingerprint density at radius 2 is 1.83 bits per heavy atom. The van der Waals surface area contributed by atoms with E-state index in [9.17, 15) is 0 Å². The molecule has 0 unspecified atom stereocenters. The van der Waals surface area contributed by atoms with Crippen molar-refractivity contribution in [2.75, 3.05) is 5.32 Å². The number of imidazole rings is 1. The Morgan fingerprint density at radius 1 is 1.17 bits per heavy atom. The molecule has 96 valence electrons. The van der Waals surface area contributed by atoms with Gasteiger partial charge < -0.3 is 10.3 Å². The highest BCUT2D eigenvalue weighted by atomic mass is 14.9. The third-order valence-corrected chi connectivity index (χ3v) is 3.15. The van der Waals surface area contributed by atoms with E-state index in [2.05, 4.69) is 60.3 Å². The van der Waals surface area contributed by atoms with Crippen LogP contribution in [0.2, 0.25) is 0 Å². The third-order valence-electron chi connectivity index (χ3n) is 3.15. The highest BCUT2D eigenvalue weighted by Crippen LogP contribution is 2.23. The molecule has 0 atom stereocenters. The summed E-state index contributed by atoms with van der Waals surface area (Å²) in [5.41, 5.74) is 4.87. The number of H-pyrrole nitrogens is 1. The Morgan fingerprint density at radius 3 is 2.33 bits per heavy atom. The lowest BCUT2D eigenvalue weighted by atomic mass is 9.87. The summed E-state index contributed by atoms with van der Waals surface area (Å²) in [5.74, 6) is 0. The average molecular weight is 243 g/mol. The number of aryl methyl sites for hydroxylation is 1. The molecule has 2 rings (SSSR count). The number of aromatic nitrogens is 2. The van der Waals surface area contributed by atoms with Crippen LogP contribution in [0.3, 0.4) is 0 Å². The van der Waals surface area contributed by atoms with Gasteiger partial charge in [-0.05, 0) is 30.0 Å². The number of anilines is 1. The molecular formula is C15H21N3. The molecule has 0 aliphatic heterocycles. The number of nitrogens with one attached hydrogen (secondary N) is 2. The Labute approximate surface area is 109 Å². The van der Waals surface area contributed by atoms with Crippen molar-refractivity contribution in [1.82, 2.24) is 9.97 Å². The van der Waals surface area contributed by atoms with Crippen molar-refractivity contribution in [3.63, 3.8) is 0 Å². The van der Waals surface area contributed by atoms with Crippen molar-refractivity contribution >= 4 is 5.69 Å². The standard InChI is InChI=1S/C15H21N3/c1-11-14(18-10-17-11)9-16-13-7-5-12(6-8-13)15(2,3)4/h5-8,10,16H,9H2,1-4H3,(H,17,18). The molecule has 0 aliphatic carbocycles. The maximum Gasteiger partial charge on any atom is 0.0925 e. The van der Waals surface area contributed by atoms with E-state index in [0.29, 0.717) is 0 Å². The van der Waals surface area contributed by atoms with E-state index in [-0.39, 0.29) is 5.41 Å². The van der Waals surface area contributed by atoms with E-state index >= 15 is 0 Å². The van der Waals surface area contributed by atoms with E-state index in [0.717, 1.165) is 23.6 Å². The molecule has 1 aromatic heterocycles. The monoisotopic (exact) mass is 243 g/mol. The van der Waals surface area contributed by atoms with Crippen LogP contribution in [0.5, 0.6) is 0 Å². The SMILES string of the molecule is Cc1[nH]cnc1CNc1ccc(C(C)(C)C)cc1. The molecular weight excluding hydrogens is 222 g/mol. The fourth-order valence-electron chi connectivity index (χ4n) is 1.84. The van der Waals surface area contributed by atoms with E-state index in [1.165, 1.54) is 5.56 Å². The predicted octanol–water partition coefficient (Wildman–Crippen LogP) is 3.63. The molecule has 1 heterocycles. The van der Waals surface area contributed by atoms with Gasteiger partial charge in [0.2, 0.25) is 0 Å². The van der Waals surface area contributed by atoms with Crippen LogP contribution in [0.25, 0.3) is 0 Å². The Hall–Kier alpha value is -1.77. The first-order valence-corrected chi connectivity index (χ1v) is 6.30. The first-order chi connectivity index (χ1) is 8.47. The van der Waals surface area contributed by atoms with E-state index in [1.54, 1.807) is 6.33 Å². The molecule has 2 N–H and O–H groups in total. The van der Waals surface area contributed by atoms with Gasteiger partial charge in [-0.2, -0.15) is 0 Å². The minimum atomic E-state index is 0.206. The molecule has 0 fully saturated rings. The molecule has 0 saturated heterocycles. The molecule has 3 nitrogen and oxygen atoms in total. The first-order valence-electron chi connectivity index (χ1n) is 6.30. The molecule has 0 amide bonds. The highest BCUT2D eigenvalue weighted by molar-refractivity contribution is 5.46. The van der Waals surface area contributed by atoms with Gasteiger partial charge in [0.15, 0.2) is 0 Å². The molecule has 1 aromatic carbocycles. The van der Waals surface area contributed by atoms with E-state index in [4.69, 9.17) is 0 Å². The lowest BCUT2D eigenvalue weighted by Gasteiger charge is -2.19. The van der Waals surface area contributed by atoms with Crippen LogP contribution < -0.4 is 5.32 Å². The first kappa shape index (κ1) is 12.7. The van der Waals surface area contributed by atoms with Crippen LogP contribution in [0, 0.1) is 6.92 Å². The second-order valence-electron chi connectivity index (χ2n) is 5.66. The molecule has 18 heavy (non-hydrogen) atoms. The van der Waals surface area contributed by atoms with Gasteiger partial charge in [0.25, 0.3) is 0 Å². The zero-order valence-corrected chi connectivity index (χ0v) is 11.5. The fourth-order valence-corrected chi connectivity index (χ4v) is 1.84. The van der Waals surface area contributed by atoms with Crippen molar-refractivity contribution in [3.8, 4) is 0 Å². The summed E-state index contributed by atoms with van der Waals surface area (Å²) in [5, 5.41) is 3.38. The van der Waals surface area contributed by atoms with Crippen LogP contribution in [0.15, 0.2) is 30.6 Å². The normalized spacial score (nSPS) is 11.6. The molecule has 0 spiro atoms. The minimum Gasteiger partial charge on any atom is -0.379 e. The van der Waals surface area contributed by atoms with E-state index in [1.807, 2.05) is 6.92 Å². The van der Waals surface area contributed by atoms with Crippen LogP contribution in [-0.2, 0) is 12.0 Å². The van der Waals surface area contributed by atoms with Gasteiger partial charge in [-0.1, -0.05) is 32.9 Å². The second-order valence-corrected chi connectivity index (χ2v) is 5.66. The van der Waals surface area contributed by atoms with Gasteiger partial charge in [-0.3, -0.25) is 0 Å². The summed E-state index contributed by atoms with van der Waals surface area (Å²) in [6.45, 7) is 9.46. The quantitative estimate of drug-likeness (QED) is 0.864. The topological polar surface area (TPSA) is 40.7 Å². The number of hydrogen-bond acceptors (Lipinski definition) is 2.